The molecule has 1 N–H and O–H groups in total. The van der Waals surface area contributed by atoms with Crippen molar-refractivity contribution in [3.63, 3.8) is 0 Å². The second-order valence-electron chi connectivity index (χ2n) is 4.86. The van der Waals surface area contributed by atoms with E-state index in [1.807, 2.05) is 31.3 Å². The molecule has 2 amide bonds. The summed E-state index contributed by atoms with van der Waals surface area (Å²) in [4.78, 5) is 15.7. The second kappa shape index (κ2) is 6.15. The lowest BCUT2D eigenvalue weighted by Crippen LogP contribution is -2.48. The van der Waals surface area contributed by atoms with Crippen LogP contribution in [0.15, 0.2) is 24.3 Å². The number of rotatable bonds is 2. The molecular formula is C14H20ClN3O. The lowest BCUT2D eigenvalue weighted by atomic mass is 10.0. The molecule has 4 nitrogen and oxygen atoms in total. The van der Waals surface area contributed by atoms with Crippen molar-refractivity contribution in [2.24, 2.45) is 0 Å². The Bertz CT molecular complexity index is 427. The fourth-order valence-corrected chi connectivity index (χ4v) is 2.63. The zero-order chi connectivity index (χ0) is 13.8. The maximum atomic E-state index is 11.6. The van der Waals surface area contributed by atoms with Crippen LogP contribution in [0, 0.1) is 0 Å². The Hall–Kier alpha value is -1.42. The Morgan fingerprint density at radius 1 is 1.32 bits per heavy atom. The second-order valence-corrected chi connectivity index (χ2v) is 5.30. The average molecular weight is 282 g/mol. The minimum absolute atomic E-state index is 0.00931. The minimum atomic E-state index is -0.00931. The van der Waals surface area contributed by atoms with E-state index in [0.717, 1.165) is 31.0 Å². The van der Waals surface area contributed by atoms with Gasteiger partial charge in [-0.3, -0.25) is 0 Å². The summed E-state index contributed by atoms with van der Waals surface area (Å²) in [5.74, 6) is 0. The van der Waals surface area contributed by atoms with Crippen molar-refractivity contribution in [3.05, 3.63) is 29.3 Å². The average Bonchev–Trinajstić information content (AvgIpc) is 2.46. The molecule has 1 aliphatic rings. The van der Waals surface area contributed by atoms with Gasteiger partial charge in [0.15, 0.2) is 0 Å². The number of benzene rings is 1. The quantitative estimate of drug-likeness (QED) is 0.904. The van der Waals surface area contributed by atoms with Crippen LogP contribution in [0.3, 0.4) is 0 Å². The van der Waals surface area contributed by atoms with Crippen molar-refractivity contribution in [2.45, 2.75) is 18.9 Å². The van der Waals surface area contributed by atoms with Crippen molar-refractivity contribution in [1.82, 2.24) is 10.2 Å². The van der Waals surface area contributed by atoms with Crippen LogP contribution in [0.5, 0.6) is 0 Å². The normalized spacial score (nSPS) is 16.3. The summed E-state index contributed by atoms with van der Waals surface area (Å²) in [7, 11) is 3.53. The molecule has 0 spiro atoms. The van der Waals surface area contributed by atoms with Gasteiger partial charge in [0.05, 0.1) is 0 Å². The van der Waals surface area contributed by atoms with Gasteiger partial charge in [0.2, 0.25) is 0 Å². The van der Waals surface area contributed by atoms with Gasteiger partial charge in [-0.15, -0.1) is 0 Å². The Balaban J connectivity index is 1.92. The van der Waals surface area contributed by atoms with E-state index in [1.54, 1.807) is 11.9 Å². The molecule has 1 aromatic rings. The third-order valence-electron chi connectivity index (χ3n) is 3.74. The number of nitrogens with zero attached hydrogens (tertiary/aromatic N) is 2. The van der Waals surface area contributed by atoms with Gasteiger partial charge in [0.25, 0.3) is 0 Å². The standard InChI is InChI=1S/C14H20ClN3O/c1-16-14(19)17(2)12-7-9-18(10-8-12)13-5-3-11(15)4-6-13/h3-6,12H,7-10H2,1-2H3,(H,16,19). The summed E-state index contributed by atoms with van der Waals surface area (Å²) in [6, 6.07) is 8.24. The number of anilines is 1. The highest BCUT2D eigenvalue weighted by Gasteiger charge is 2.24. The largest absolute Gasteiger partial charge is 0.371 e. The van der Waals surface area contributed by atoms with Crippen LogP contribution in [0.4, 0.5) is 10.5 Å². The van der Waals surface area contributed by atoms with E-state index in [4.69, 9.17) is 11.6 Å². The molecule has 2 rings (SSSR count). The number of piperidine rings is 1. The van der Waals surface area contributed by atoms with E-state index in [1.165, 1.54) is 5.69 Å². The van der Waals surface area contributed by atoms with Crippen LogP contribution in [-0.2, 0) is 0 Å². The summed E-state index contributed by atoms with van der Waals surface area (Å²) in [6.45, 7) is 1.93. The van der Waals surface area contributed by atoms with Crippen molar-refractivity contribution in [3.8, 4) is 0 Å². The Kier molecular flexibility index (Phi) is 4.53. The summed E-state index contributed by atoms with van der Waals surface area (Å²) in [5, 5.41) is 3.43. The van der Waals surface area contributed by atoms with E-state index in [9.17, 15) is 4.79 Å². The van der Waals surface area contributed by atoms with Crippen LogP contribution in [-0.4, -0.2) is 44.2 Å². The maximum absolute atomic E-state index is 11.6. The lowest BCUT2D eigenvalue weighted by Gasteiger charge is -2.37. The van der Waals surface area contributed by atoms with Gasteiger partial charge in [-0.1, -0.05) is 11.6 Å². The van der Waals surface area contributed by atoms with Crippen LogP contribution in [0.1, 0.15) is 12.8 Å². The van der Waals surface area contributed by atoms with Crippen LogP contribution in [0.2, 0.25) is 5.02 Å². The van der Waals surface area contributed by atoms with Gasteiger partial charge in [0.1, 0.15) is 0 Å². The molecular weight excluding hydrogens is 262 g/mol. The van der Waals surface area contributed by atoms with Crippen molar-refractivity contribution >= 4 is 23.3 Å². The molecule has 0 aliphatic carbocycles. The highest BCUT2D eigenvalue weighted by atomic mass is 35.5. The van der Waals surface area contributed by atoms with Gasteiger partial charge in [-0.05, 0) is 37.1 Å². The molecule has 5 heteroatoms. The Morgan fingerprint density at radius 3 is 2.42 bits per heavy atom. The first-order chi connectivity index (χ1) is 9.11. The summed E-state index contributed by atoms with van der Waals surface area (Å²) in [5.41, 5.74) is 1.20. The SMILES string of the molecule is CNC(=O)N(C)C1CCN(c2ccc(Cl)cc2)CC1. The van der Waals surface area contributed by atoms with Crippen LogP contribution >= 0.6 is 11.6 Å². The highest BCUT2D eigenvalue weighted by molar-refractivity contribution is 6.30. The summed E-state index contributed by atoms with van der Waals surface area (Å²) in [6.07, 6.45) is 1.99. The molecule has 0 radical (unpaired) electrons. The van der Waals surface area contributed by atoms with E-state index in [2.05, 4.69) is 10.2 Å². The fraction of sp³-hybridized carbons (Fsp3) is 0.500. The molecule has 19 heavy (non-hydrogen) atoms. The molecule has 0 atom stereocenters. The molecule has 1 saturated heterocycles. The molecule has 1 heterocycles. The van der Waals surface area contributed by atoms with Crippen molar-refractivity contribution in [1.29, 1.82) is 0 Å². The molecule has 0 saturated carbocycles. The third kappa shape index (κ3) is 3.32. The van der Waals surface area contributed by atoms with Crippen molar-refractivity contribution < 1.29 is 4.79 Å². The summed E-state index contributed by atoms with van der Waals surface area (Å²) >= 11 is 5.90. The van der Waals surface area contributed by atoms with Gasteiger partial charge < -0.3 is 15.1 Å². The smallest absolute Gasteiger partial charge is 0.317 e. The molecule has 0 unspecified atom stereocenters. The molecule has 1 aliphatic heterocycles. The Morgan fingerprint density at radius 2 is 1.89 bits per heavy atom. The molecule has 1 aromatic carbocycles. The highest BCUT2D eigenvalue weighted by Crippen LogP contribution is 2.23. The lowest BCUT2D eigenvalue weighted by molar-refractivity contribution is 0.182. The number of hydrogen-bond donors (Lipinski definition) is 1. The van der Waals surface area contributed by atoms with Gasteiger partial charge in [-0.25, -0.2) is 4.79 Å². The maximum Gasteiger partial charge on any atom is 0.317 e. The first kappa shape index (κ1) is 14.0. The van der Waals surface area contributed by atoms with E-state index >= 15 is 0 Å². The number of amides is 2. The van der Waals surface area contributed by atoms with Crippen LogP contribution in [0.25, 0.3) is 0 Å². The Labute approximate surface area is 119 Å². The molecule has 0 bridgehead atoms. The number of halogens is 1. The predicted octanol–water partition coefficient (Wildman–Crippen LogP) is 2.58. The number of nitrogens with one attached hydrogen (secondary N) is 1. The minimum Gasteiger partial charge on any atom is -0.371 e. The zero-order valence-corrected chi connectivity index (χ0v) is 12.2. The van der Waals surface area contributed by atoms with Crippen LogP contribution < -0.4 is 10.2 Å². The summed E-state index contributed by atoms with van der Waals surface area (Å²) < 4.78 is 0. The molecule has 1 fully saturated rings. The van der Waals surface area contributed by atoms with E-state index in [0.29, 0.717) is 6.04 Å². The number of carbonyl (C=O) groups is 1. The number of urea groups is 1. The predicted molar refractivity (Wildman–Crippen MR) is 78.9 cm³/mol. The topological polar surface area (TPSA) is 35.6 Å². The van der Waals surface area contributed by atoms with Gasteiger partial charge >= 0.3 is 6.03 Å². The van der Waals surface area contributed by atoms with E-state index < -0.39 is 0 Å². The molecule has 104 valence electrons. The molecule has 0 aromatic heterocycles. The zero-order valence-electron chi connectivity index (χ0n) is 11.4. The van der Waals surface area contributed by atoms with E-state index in [-0.39, 0.29) is 6.03 Å². The monoisotopic (exact) mass is 281 g/mol. The van der Waals surface area contributed by atoms with Crippen molar-refractivity contribution in [2.75, 3.05) is 32.1 Å². The first-order valence-electron chi connectivity index (χ1n) is 6.57. The first-order valence-corrected chi connectivity index (χ1v) is 6.94. The van der Waals surface area contributed by atoms with Gasteiger partial charge in [-0.2, -0.15) is 0 Å². The fourth-order valence-electron chi connectivity index (χ4n) is 2.51. The number of hydrogen-bond acceptors (Lipinski definition) is 2. The number of carbonyl (C=O) groups excluding carboxylic acids is 1. The van der Waals surface area contributed by atoms with Gasteiger partial charge in [0, 0.05) is 43.9 Å². The third-order valence-corrected chi connectivity index (χ3v) is 3.99.